The molecule has 3 nitrogen and oxygen atoms in total. The molecule has 1 saturated carbocycles. The first-order valence-electron chi connectivity index (χ1n) is 10.2. The molecule has 1 aromatic carbocycles. The van der Waals surface area contributed by atoms with Crippen LogP contribution in [0.4, 0.5) is 4.39 Å². The van der Waals surface area contributed by atoms with Crippen molar-refractivity contribution in [3.8, 4) is 5.69 Å². The van der Waals surface area contributed by atoms with Gasteiger partial charge in [-0.3, -0.25) is 4.79 Å². The summed E-state index contributed by atoms with van der Waals surface area (Å²) >= 11 is 1.58. The van der Waals surface area contributed by atoms with E-state index in [0.29, 0.717) is 0 Å². The number of hydrogen-bond donors (Lipinski definition) is 0. The van der Waals surface area contributed by atoms with E-state index in [-0.39, 0.29) is 22.9 Å². The van der Waals surface area contributed by atoms with Crippen LogP contribution in [0.15, 0.2) is 60.2 Å². The smallest absolute Gasteiger partial charge is 0.163 e. The van der Waals surface area contributed by atoms with Gasteiger partial charge in [0.25, 0.3) is 0 Å². The van der Waals surface area contributed by atoms with E-state index in [1.165, 1.54) is 17.7 Å². The number of rotatable bonds is 4. The second-order valence-corrected chi connectivity index (χ2v) is 8.76. The van der Waals surface area contributed by atoms with Gasteiger partial charge in [0.15, 0.2) is 5.78 Å². The Balaban J connectivity index is 0.00000124. The van der Waals surface area contributed by atoms with Crippen LogP contribution in [0.5, 0.6) is 0 Å². The normalized spacial score (nSPS) is 22.9. The zero-order valence-electron chi connectivity index (χ0n) is 18.0. The van der Waals surface area contributed by atoms with Crippen molar-refractivity contribution in [1.82, 2.24) is 9.78 Å². The van der Waals surface area contributed by atoms with Crippen LogP contribution in [0.3, 0.4) is 0 Å². The summed E-state index contributed by atoms with van der Waals surface area (Å²) in [6, 6.07) is 6.41. The monoisotopic (exact) mass is 424 g/mol. The van der Waals surface area contributed by atoms with E-state index in [0.717, 1.165) is 48.2 Å². The highest BCUT2D eigenvalue weighted by Gasteiger charge is 2.46. The number of Topliss-reactive ketones (excluding diaryl/α,β-unsaturated/α-hetero) is 1. The molecule has 2 aromatic rings. The van der Waals surface area contributed by atoms with Crippen molar-refractivity contribution in [2.24, 2.45) is 11.3 Å². The second-order valence-electron chi connectivity index (χ2n) is 8.05. The zero-order valence-corrected chi connectivity index (χ0v) is 18.8. The van der Waals surface area contributed by atoms with Gasteiger partial charge < -0.3 is 0 Å². The van der Waals surface area contributed by atoms with Gasteiger partial charge in [0.05, 0.1) is 17.6 Å². The molecule has 0 saturated heterocycles. The van der Waals surface area contributed by atoms with Crippen LogP contribution in [-0.2, 0) is 11.2 Å². The lowest BCUT2D eigenvalue weighted by atomic mass is 9.58. The van der Waals surface area contributed by atoms with Gasteiger partial charge in [-0.15, -0.1) is 24.9 Å². The number of allylic oxidation sites excluding steroid dienone is 2. The molecule has 0 spiro atoms. The summed E-state index contributed by atoms with van der Waals surface area (Å²) in [5.74, 6) is 0.0352. The maximum absolute atomic E-state index is 13.3. The van der Waals surface area contributed by atoms with Crippen LogP contribution < -0.4 is 0 Å². The van der Waals surface area contributed by atoms with Gasteiger partial charge in [-0.05, 0) is 85.7 Å². The fourth-order valence-electron chi connectivity index (χ4n) is 4.76. The van der Waals surface area contributed by atoms with E-state index in [2.05, 4.69) is 31.3 Å². The molecule has 30 heavy (non-hydrogen) atoms. The van der Waals surface area contributed by atoms with Gasteiger partial charge >= 0.3 is 0 Å². The lowest BCUT2D eigenvalue weighted by molar-refractivity contribution is -0.123. The van der Waals surface area contributed by atoms with Gasteiger partial charge in [0, 0.05) is 11.3 Å². The molecule has 0 bridgehead atoms. The van der Waals surface area contributed by atoms with Crippen molar-refractivity contribution < 1.29 is 9.18 Å². The van der Waals surface area contributed by atoms with E-state index >= 15 is 0 Å². The zero-order chi connectivity index (χ0) is 21.9. The molecule has 1 heterocycles. The highest BCUT2D eigenvalue weighted by Crippen LogP contribution is 2.52. The number of carbonyl (C=O) groups excluding carboxylic acids is 1. The molecule has 158 valence electrons. The first kappa shape index (κ1) is 22.3. The fourth-order valence-corrected chi connectivity index (χ4v) is 5.23. The topological polar surface area (TPSA) is 34.9 Å². The Morgan fingerprint density at radius 2 is 2.03 bits per heavy atom. The second kappa shape index (κ2) is 9.17. The third-order valence-corrected chi connectivity index (χ3v) is 6.86. The highest BCUT2D eigenvalue weighted by atomic mass is 32.2. The summed E-state index contributed by atoms with van der Waals surface area (Å²) in [5.41, 5.74) is 5.10. The minimum absolute atomic E-state index is 0.0122. The molecular weight excluding hydrogens is 395 g/mol. The maximum atomic E-state index is 13.3. The van der Waals surface area contributed by atoms with Crippen LogP contribution in [0.25, 0.3) is 11.8 Å². The molecule has 1 aromatic heterocycles. The molecule has 2 aliphatic carbocycles. The summed E-state index contributed by atoms with van der Waals surface area (Å²) in [6.07, 6.45) is 9.91. The Morgan fingerprint density at radius 1 is 1.33 bits per heavy atom. The Kier molecular flexibility index (Phi) is 6.81. The van der Waals surface area contributed by atoms with Gasteiger partial charge in [0.1, 0.15) is 5.82 Å². The van der Waals surface area contributed by atoms with E-state index in [9.17, 15) is 9.18 Å². The summed E-state index contributed by atoms with van der Waals surface area (Å²) in [4.78, 5) is 13.2. The van der Waals surface area contributed by atoms with E-state index < -0.39 is 0 Å². The molecule has 2 unspecified atom stereocenters. The predicted molar refractivity (Wildman–Crippen MR) is 124 cm³/mol. The fraction of sp³-hybridized carbons (Fsp3) is 0.360. The number of halogens is 1. The van der Waals surface area contributed by atoms with Crippen molar-refractivity contribution in [3.63, 3.8) is 0 Å². The third kappa shape index (κ3) is 3.95. The molecule has 1 fully saturated rings. The Labute approximate surface area is 182 Å². The van der Waals surface area contributed by atoms with Crippen LogP contribution in [0.1, 0.15) is 44.4 Å². The summed E-state index contributed by atoms with van der Waals surface area (Å²) in [7, 11) is 0. The van der Waals surface area contributed by atoms with Crippen molar-refractivity contribution in [2.75, 3.05) is 6.26 Å². The van der Waals surface area contributed by atoms with Crippen LogP contribution in [0.2, 0.25) is 0 Å². The largest absolute Gasteiger partial charge is 0.294 e. The maximum Gasteiger partial charge on any atom is 0.163 e. The first-order valence-corrected chi connectivity index (χ1v) is 11.5. The molecule has 5 heteroatoms. The number of carbonyl (C=O) groups is 1. The highest BCUT2D eigenvalue weighted by molar-refractivity contribution is 8.01. The molecule has 4 rings (SSSR count). The van der Waals surface area contributed by atoms with E-state index in [1.54, 1.807) is 23.9 Å². The van der Waals surface area contributed by atoms with Gasteiger partial charge in [-0.2, -0.15) is 5.10 Å². The number of nitrogens with zero attached hydrogens (tertiary/aromatic N) is 2. The molecule has 2 aliphatic rings. The Bertz CT molecular complexity index is 989. The van der Waals surface area contributed by atoms with Crippen molar-refractivity contribution in [1.29, 1.82) is 0 Å². The lowest BCUT2D eigenvalue weighted by Gasteiger charge is -2.45. The number of ketones is 1. The summed E-state index contributed by atoms with van der Waals surface area (Å²) < 4.78 is 15.2. The van der Waals surface area contributed by atoms with Crippen LogP contribution in [-0.4, -0.2) is 21.8 Å². The standard InChI is InChI=1S/C23H25FN2OS.C2H4/c1-15(14-28-3)22(27)20-6-4-5-17-11-21-16(12-23(17,20)2)13-25-26(21)19-9-7-18(24)8-10-19;1-2/h7-11,13-14,20H,4-6,12H2,1-3H3;1-2H2/b15-14+;. The average Bonchev–Trinajstić information content (AvgIpc) is 3.15. The number of hydrogen-bond acceptors (Lipinski definition) is 3. The van der Waals surface area contributed by atoms with E-state index in [4.69, 9.17) is 0 Å². The molecule has 0 N–H and O–H groups in total. The average molecular weight is 425 g/mol. The lowest BCUT2D eigenvalue weighted by Crippen LogP contribution is -2.41. The van der Waals surface area contributed by atoms with Gasteiger partial charge in [0.2, 0.25) is 0 Å². The van der Waals surface area contributed by atoms with Crippen molar-refractivity contribution >= 4 is 23.6 Å². The molecule has 0 amide bonds. The minimum atomic E-state index is -0.252. The number of thioether (sulfide) groups is 1. The summed E-state index contributed by atoms with van der Waals surface area (Å²) in [5, 5.41) is 6.53. The quantitative estimate of drug-likeness (QED) is 0.421. The van der Waals surface area contributed by atoms with Crippen LogP contribution in [0, 0.1) is 17.2 Å². The first-order chi connectivity index (χ1) is 14.4. The third-order valence-electron chi connectivity index (χ3n) is 6.27. The molecular formula is C25H29FN2OS. The minimum Gasteiger partial charge on any atom is -0.294 e. The Morgan fingerprint density at radius 3 is 2.70 bits per heavy atom. The van der Waals surface area contributed by atoms with Crippen LogP contribution >= 0.6 is 11.8 Å². The SMILES string of the molecule is C=C.CS/C=C(\C)C(=O)C1CCCC2=Cc3c(cnn3-c3ccc(F)cc3)CC21C. The molecule has 2 atom stereocenters. The van der Waals surface area contributed by atoms with Gasteiger partial charge in [-0.25, -0.2) is 9.07 Å². The number of benzene rings is 1. The van der Waals surface area contributed by atoms with Crippen molar-refractivity contribution in [2.45, 2.75) is 39.5 Å². The number of aromatic nitrogens is 2. The van der Waals surface area contributed by atoms with E-state index in [1.807, 2.05) is 29.5 Å². The summed E-state index contributed by atoms with van der Waals surface area (Å²) in [6.45, 7) is 10.2. The van der Waals surface area contributed by atoms with Crippen molar-refractivity contribution in [3.05, 3.63) is 77.2 Å². The van der Waals surface area contributed by atoms with Gasteiger partial charge in [-0.1, -0.05) is 12.5 Å². The predicted octanol–water partition coefficient (Wildman–Crippen LogP) is 6.40. The molecule has 0 radical (unpaired) electrons. The number of fused-ring (bicyclic) bond motifs is 2. The Hall–Kier alpha value is -2.40. The molecule has 0 aliphatic heterocycles.